The Labute approximate surface area is 101 Å². The van der Waals surface area contributed by atoms with Crippen LogP contribution in [0.15, 0.2) is 24.3 Å². The van der Waals surface area contributed by atoms with E-state index in [2.05, 4.69) is 11.4 Å². The fourth-order valence-corrected chi connectivity index (χ4v) is 2.26. The molecule has 1 atom stereocenters. The van der Waals surface area contributed by atoms with Crippen LogP contribution in [0.4, 0.5) is 10.1 Å². The zero-order chi connectivity index (χ0) is 12.1. The highest BCUT2D eigenvalue weighted by atomic mass is 19.1. The van der Waals surface area contributed by atoms with Gasteiger partial charge in [-0.15, -0.1) is 0 Å². The van der Waals surface area contributed by atoms with Gasteiger partial charge in [-0.2, -0.15) is 5.26 Å². The Morgan fingerprint density at radius 3 is 3.06 bits per heavy atom. The molecule has 0 aromatic heterocycles. The fraction of sp³-hybridized carbons (Fsp3) is 0.462. The first-order chi connectivity index (χ1) is 8.31. The SMILES string of the molecule is N#CCNC1CCCN(c2ccccc2F)C1. The molecule has 4 heteroatoms. The summed E-state index contributed by atoms with van der Waals surface area (Å²) in [6.07, 6.45) is 2.07. The Morgan fingerprint density at radius 1 is 1.47 bits per heavy atom. The predicted octanol–water partition coefficient (Wildman–Crippen LogP) is 1.91. The third-order valence-corrected chi connectivity index (χ3v) is 3.08. The van der Waals surface area contributed by atoms with Crippen LogP contribution in [-0.4, -0.2) is 25.7 Å². The topological polar surface area (TPSA) is 39.1 Å². The van der Waals surface area contributed by atoms with E-state index in [9.17, 15) is 4.39 Å². The Balaban J connectivity index is 2.02. The molecule has 1 aliphatic rings. The number of piperidine rings is 1. The molecule has 1 saturated heterocycles. The minimum atomic E-state index is -0.173. The van der Waals surface area contributed by atoms with Crippen molar-refractivity contribution in [3.63, 3.8) is 0 Å². The Bertz CT molecular complexity index is 413. The van der Waals surface area contributed by atoms with Gasteiger partial charge in [0.2, 0.25) is 0 Å². The van der Waals surface area contributed by atoms with Gasteiger partial charge in [0.15, 0.2) is 0 Å². The lowest BCUT2D eigenvalue weighted by molar-refractivity contribution is 0.435. The van der Waals surface area contributed by atoms with E-state index < -0.39 is 0 Å². The van der Waals surface area contributed by atoms with E-state index in [0.717, 1.165) is 25.9 Å². The maximum atomic E-state index is 13.6. The first-order valence-electron chi connectivity index (χ1n) is 5.91. The van der Waals surface area contributed by atoms with Crippen molar-refractivity contribution in [2.45, 2.75) is 18.9 Å². The lowest BCUT2D eigenvalue weighted by Crippen LogP contribution is -2.46. The molecule has 1 aromatic rings. The van der Waals surface area contributed by atoms with Gasteiger partial charge in [-0.3, -0.25) is 5.32 Å². The van der Waals surface area contributed by atoms with E-state index in [0.29, 0.717) is 12.2 Å². The standard InChI is InChI=1S/C13H16FN3/c14-12-5-1-2-6-13(12)17-9-3-4-11(10-17)16-8-7-15/h1-2,5-6,11,16H,3-4,8-10H2. The van der Waals surface area contributed by atoms with Crippen LogP contribution in [0, 0.1) is 17.1 Å². The summed E-state index contributed by atoms with van der Waals surface area (Å²) < 4.78 is 13.6. The Morgan fingerprint density at radius 2 is 2.29 bits per heavy atom. The number of para-hydroxylation sites is 1. The molecule has 1 unspecified atom stereocenters. The highest BCUT2D eigenvalue weighted by Gasteiger charge is 2.21. The lowest BCUT2D eigenvalue weighted by atomic mass is 10.0. The van der Waals surface area contributed by atoms with Crippen molar-refractivity contribution in [3.8, 4) is 6.07 Å². The summed E-state index contributed by atoms with van der Waals surface area (Å²) in [6, 6.07) is 9.21. The number of halogens is 1. The van der Waals surface area contributed by atoms with Gasteiger partial charge in [0.25, 0.3) is 0 Å². The van der Waals surface area contributed by atoms with Crippen LogP contribution >= 0.6 is 0 Å². The lowest BCUT2D eigenvalue weighted by Gasteiger charge is -2.34. The van der Waals surface area contributed by atoms with Gasteiger partial charge in [-0.1, -0.05) is 12.1 Å². The molecular weight excluding hydrogens is 217 g/mol. The highest BCUT2D eigenvalue weighted by molar-refractivity contribution is 5.48. The van der Waals surface area contributed by atoms with Gasteiger partial charge in [0.1, 0.15) is 5.82 Å². The zero-order valence-electron chi connectivity index (χ0n) is 9.69. The van der Waals surface area contributed by atoms with E-state index in [-0.39, 0.29) is 11.9 Å². The third-order valence-electron chi connectivity index (χ3n) is 3.08. The molecule has 0 saturated carbocycles. The average molecular weight is 233 g/mol. The summed E-state index contributed by atoms with van der Waals surface area (Å²) in [4.78, 5) is 2.05. The van der Waals surface area contributed by atoms with Gasteiger partial charge >= 0.3 is 0 Å². The van der Waals surface area contributed by atoms with E-state index in [1.807, 2.05) is 17.0 Å². The first-order valence-corrected chi connectivity index (χ1v) is 5.91. The minimum Gasteiger partial charge on any atom is -0.368 e. The van der Waals surface area contributed by atoms with Gasteiger partial charge in [0.05, 0.1) is 18.3 Å². The Hall–Kier alpha value is -1.60. The predicted molar refractivity (Wildman–Crippen MR) is 65.3 cm³/mol. The molecule has 1 heterocycles. The molecule has 1 N–H and O–H groups in total. The number of nitrogens with one attached hydrogen (secondary N) is 1. The summed E-state index contributed by atoms with van der Waals surface area (Å²) in [5, 5.41) is 11.7. The largest absolute Gasteiger partial charge is 0.368 e. The summed E-state index contributed by atoms with van der Waals surface area (Å²) in [6.45, 7) is 2.00. The average Bonchev–Trinajstić information content (AvgIpc) is 2.37. The monoisotopic (exact) mass is 233 g/mol. The molecule has 1 aromatic carbocycles. The summed E-state index contributed by atoms with van der Waals surface area (Å²) in [5.41, 5.74) is 0.663. The van der Waals surface area contributed by atoms with Gasteiger partial charge < -0.3 is 4.90 Å². The van der Waals surface area contributed by atoms with Crippen molar-refractivity contribution in [1.29, 1.82) is 5.26 Å². The van der Waals surface area contributed by atoms with Crippen LogP contribution < -0.4 is 10.2 Å². The molecule has 0 spiro atoms. The maximum absolute atomic E-state index is 13.6. The molecule has 0 amide bonds. The number of benzene rings is 1. The van der Waals surface area contributed by atoms with E-state index in [1.165, 1.54) is 6.07 Å². The van der Waals surface area contributed by atoms with Gasteiger partial charge in [-0.05, 0) is 25.0 Å². The highest BCUT2D eigenvalue weighted by Crippen LogP contribution is 2.22. The molecule has 17 heavy (non-hydrogen) atoms. The molecule has 1 fully saturated rings. The molecule has 2 rings (SSSR count). The van der Waals surface area contributed by atoms with E-state index in [1.54, 1.807) is 6.07 Å². The number of rotatable bonds is 3. The molecule has 0 aliphatic carbocycles. The quantitative estimate of drug-likeness (QED) is 0.810. The maximum Gasteiger partial charge on any atom is 0.146 e. The van der Waals surface area contributed by atoms with Crippen molar-refractivity contribution < 1.29 is 4.39 Å². The number of nitrogens with zero attached hydrogens (tertiary/aromatic N) is 2. The molecule has 0 radical (unpaired) electrons. The van der Waals surface area contributed by atoms with Crippen LogP contribution in [0.3, 0.4) is 0 Å². The van der Waals surface area contributed by atoms with Crippen LogP contribution in [-0.2, 0) is 0 Å². The van der Waals surface area contributed by atoms with Crippen molar-refractivity contribution in [2.75, 3.05) is 24.5 Å². The van der Waals surface area contributed by atoms with Crippen LogP contribution in [0.25, 0.3) is 0 Å². The number of anilines is 1. The van der Waals surface area contributed by atoms with Crippen LogP contribution in [0.5, 0.6) is 0 Å². The second kappa shape index (κ2) is 5.65. The van der Waals surface area contributed by atoms with E-state index in [4.69, 9.17) is 5.26 Å². The van der Waals surface area contributed by atoms with Crippen molar-refractivity contribution >= 4 is 5.69 Å². The third kappa shape index (κ3) is 2.95. The number of nitriles is 1. The Kier molecular flexibility index (Phi) is 3.94. The second-order valence-electron chi connectivity index (χ2n) is 4.28. The first kappa shape index (κ1) is 11.9. The molecule has 3 nitrogen and oxygen atoms in total. The minimum absolute atomic E-state index is 0.173. The molecule has 0 bridgehead atoms. The smallest absolute Gasteiger partial charge is 0.146 e. The molecule has 90 valence electrons. The summed E-state index contributed by atoms with van der Waals surface area (Å²) in [7, 11) is 0. The summed E-state index contributed by atoms with van der Waals surface area (Å²) in [5.74, 6) is -0.173. The second-order valence-corrected chi connectivity index (χ2v) is 4.28. The molecular formula is C13H16FN3. The van der Waals surface area contributed by atoms with Crippen molar-refractivity contribution in [2.24, 2.45) is 0 Å². The summed E-state index contributed by atoms with van der Waals surface area (Å²) >= 11 is 0. The van der Waals surface area contributed by atoms with Crippen LogP contribution in [0.1, 0.15) is 12.8 Å². The zero-order valence-corrected chi connectivity index (χ0v) is 9.69. The number of hydrogen-bond acceptors (Lipinski definition) is 3. The fourth-order valence-electron chi connectivity index (χ4n) is 2.26. The number of hydrogen-bond donors (Lipinski definition) is 1. The van der Waals surface area contributed by atoms with Crippen molar-refractivity contribution in [1.82, 2.24) is 5.32 Å². The van der Waals surface area contributed by atoms with E-state index >= 15 is 0 Å². The van der Waals surface area contributed by atoms with Gasteiger partial charge in [0, 0.05) is 19.1 Å². The van der Waals surface area contributed by atoms with Gasteiger partial charge in [-0.25, -0.2) is 4.39 Å². The van der Waals surface area contributed by atoms with Crippen LogP contribution in [0.2, 0.25) is 0 Å². The molecule has 1 aliphatic heterocycles. The normalized spacial score (nSPS) is 20.0. The van der Waals surface area contributed by atoms with Crippen molar-refractivity contribution in [3.05, 3.63) is 30.1 Å².